The highest BCUT2D eigenvalue weighted by Gasteiger charge is 2.13. The van der Waals surface area contributed by atoms with Gasteiger partial charge in [-0.15, -0.1) is 0 Å². The topological polar surface area (TPSA) is 47.6 Å². The first-order valence-electron chi connectivity index (χ1n) is 7.99. The first-order chi connectivity index (χ1) is 12.1. The smallest absolute Gasteiger partial charge is 0.260 e. The van der Waals surface area contributed by atoms with Crippen LogP contribution in [0, 0.1) is 0 Å². The number of rotatable bonds is 9. The van der Waals surface area contributed by atoms with E-state index in [1.807, 2.05) is 24.3 Å². The number of amides is 1. The summed E-state index contributed by atoms with van der Waals surface area (Å²) in [6.07, 6.45) is -0.547. The van der Waals surface area contributed by atoms with Gasteiger partial charge in [0.2, 0.25) is 0 Å². The third kappa shape index (κ3) is 6.88. The normalized spacial score (nSPS) is 11.6. The fourth-order valence-corrected chi connectivity index (χ4v) is 3.02. The quantitative estimate of drug-likeness (QED) is 0.664. The molecular formula is C19H22ClNO3S. The molecule has 0 aliphatic rings. The molecule has 2 aromatic carbocycles. The molecule has 1 N–H and O–H groups in total. The van der Waals surface area contributed by atoms with Crippen molar-refractivity contribution in [2.24, 2.45) is 0 Å². The largest absolute Gasteiger partial charge is 0.497 e. The zero-order valence-corrected chi connectivity index (χ0v) is 15.9. The van der Waals surface area contributed by atoms with E-state index in [1.54, 1.807) is 50.1 Å². The Morgan fingerprint density at radius 3 is 2.40 bits per heavy atom. The van der Waals surface area contributed by atoms with Crippen LogP contribution in [0.2, 0.25) is 5.02 Å². The van der Waals surface area contributed by atoms with E-state index in [2.05, 4.69) is 5.32 Å². The van der Waals surface area contributed by atoms with E-state index in [-0.39, 0.29) is 5.91 Å². The van der Waals surface area contributed by atoms with Crippen molar-refractivity contribution in [2.45, 2.75) is 18.8 Å². The lowest BCUT2D eigenvalue weighted by molar-refractivity contribution is -0.127. The van der Waals surface area contributed by atoms with Gasteiger partial charge in [0.05, 0.1) is 7.11 Å². The van der Waals surface area contributed by atoms with E-state index in [0.29, 0.717) is 12.3 Å². The van der Waals surface area contributed by atoms with Gasteiger partial charge in [-0.2, -0.15) is 11.8 Å². The SMILES string of the molecule is COc1ccc(O[C@H](C)C(=O)NCCSCc2ccc(Cl)cc2)cc1. The second-order valence-electron chi connectivity index (χ2n) is 5.41. The van der Waals surface area contributed by atoms with Crippen LogP contribution in [-0.4, -0.2) is 31.4 Å². The van der Waals surface area contributed by atoms with Crippen molar-refractivity contribution in [2.75, 3.05) is 19.4 Å². The Bertz CT molecular complexity index is 661. The summed E-state index contributed by atoms with van der Waals surface area (Å²) in [7, 11) is 1.61. The van der Waals surface area contributed by atoms with Crippen LogP contribution in [0.4, 0.5) is 0 Å². The van der Waals surface area contributed by atoms with Crippen molar-refractivity contribution in [1.29, 1.82) is 0 Å². The van der Waals surface area contributed by atoms with E-state index in [1.165, 1.54) is 5.56 Å². The molecule has 0 aliphatic carbocycles. The number of carbonyl (C=O) groups is 1. The van der Waals surface area contributed by atoms with E-state index in [0.717, 1.165) is 22.3 Å². The predicted octanol–water partition coefficient (Wildman–Crippen LogP) is 4.17. The van der Waals surface area contributed by atoms with Crippen molar-refractivity contribution < 1.29 is 14.3 Å². The number of halogens is 1. The maximum Gasteiger partial charge on any atom is 0.260 e. The monoisotopic (exact) mass is 379 g/mol. The van der Waals surface area contributed by atoms with Gasteiger partial charge >= 0.3 is 0 Å². The average Bonchev–Trinajstić information content (AvgIpc) is 2.63. The summed E-state index contributed by atoms with van der Waals surface area (Å²) < 4.78 is 10.7. The van der Waals surface area contributed by atoms with E-state index < -0.39 is 6.10 Å². The van der Waals surface area contributed by atoms with Crippen LogP contribution >= 0.6 is 23.4 Å². The molecule has 0 saturated heterocycles. The molecule has 0 unspecified atom stereocenters. The van der Waals surface area contributed by atoms with Crippen LogP contribution in [0.15, 0.2) is 48.5 Å². The summed E-state index contributed by atoms with van der Waals surface area (Å²) in [5, 5.41) is 3.63. The molecular weight excluding hydrogens is 358 g/mol. The Labute approximate surface area is 157 Å². The molecule has 1 atom stereocenters. The van der Waals surface area contributed by atoms with Gasteiger partial charge in [0.15, 0.2) is 6.10 Å². The highest BCUT2D eigenvalue weighted by Crippen LogP contribution is 2.18. The minimum atomic E-state index is -0.547. The highest BCUT2D eigenvalue weighted by molar-refractivity contribution is 7.98. The standard InChI is InChI=1S/C19H22ClNO3S/c1-14(24-18-9-7-17(23-2)8-10-18)19(22)21-11-12-25-13-15-3-5-16(20)6-4-15/h3-10,14H,11-13H2,1-2H3,(H,21,22)/t14-/m1/s1. The zero-order valence-electron chi connectivity index (χ0n) is 14.3. The number of benzene rings is 2. The van der Waals surface area contributed by atoms with Crippen LogP contribution < -0.4 is 14.8 Å². The van der Waals surface area contributed by atoms with E-state index in [9.17, 15) is 4.79 Å². The lowest BCUT2D eigenvalue weighted by Crippen LogP contribution is -2.37. The number of hydrogen-bond donors (Lipinski definition) is 1. The summed E-state index contributed by atoms with van der Waals surface area (Å²) >= 11 is 7.62. The van der Waals surface area contributed by atoms with Crippen LogP contribution in [0.1, 0.15) is 12.5 Å². The summed E-state index contributed by atoms with van der Waals surface area (Å²) in [6, 6.07) is 15.0. The summed E-state index contributed by atoms with van der Waals surface area (Å²) in [5.74, 6) is 3.00. The highest BCUT2D eigenvalue weighted by atomic mass is 35.5. The van der Waals surface area contributed by atoms with Crippen LogP contribution in [0.5, 0.6) is 11.5 Å². The Hall–Kier alpha value is -1.85. The van der Waals surface area contributed by atoms with Gasteiger partial charge in [-0.3, -0.25) is 4.79 Å². The molecule has 0 bridgehead atoms. The van der Waals surface area contributed by atoms with Gasteiger partial charge in [-0.05, 0) is 48.9 Å². The second kappa shape index (κ2) is 10.2. The molecule has 0 fully saturated rings. The number of ether oxygens (including phenoxy) is 2. The fourth-order valence-electron chi connectivity index (χ4n) is 2.07. The lowest BCUT2D eigenvalue weighted by Gasteiger charge is -2.15. The number of nitrogens with one attached hydrogen (secondary N) is 1. The molecule has 0 heterocycles. The number of carbonyl (C=O) groups excluding carboxylic acids is 1. The van der Waals surface area contributed by atoms with Crippen molar-refractivity contribution in [3.8, 4) is 11.5 Å². The number of hydrogen-bond acceptors (Lipinski definition) is 4. The predicted molar refractivity (Wildman–Crippen MR) is 104 cm³/mol. The van der Waals surface area contributed by atoms with E-state index in [4.69, 9.17) is 21.1 Å². The summed E-state index contributed by atoms with van der Waals surface area (Å²) in [4.78, 5) is 12.1. The van der Waals surface area contributed by atoms with Crippen LogP contribution in [0.25, 0.3) is 0 Å². The second-order valence-corrected chi connectivity index (χ2v) is 6.95. The Morgan fingerprint density at radius 1 is 1.12 bits per heavy atom. The fraction of sp³-hybridized carbons (Fsp3) is 0.316. The average molecular weight is 380 g/mol. The van der Waals surface area contributed by atoms with Crippen molar-refractivity contribution >= 4 is 29.3 Å². The minimum Gasteiger partial charge on any atom is -0.497 e. The van der Waals surface area contributed by atoms with Crippen molar-refractivity contribution in [1.82, 2.24) is 5.32 Å². The molecule has 25 heavy (non-hydrogen) atoms. The maximum absolute atomic E-state index is 12.1. The summed E-state index contributed by atoms with van der Waals surface area (Å²) in [6.45, 7) is 2.34. The Kier molecular flexibility index (Phi) is 7.95. The lowest BCUT2D eigenvalue weighted by atomic mass is 10.2. The molecule has 134 valence electrons. The van der Waals surface area contributed by atoms with Crippen molar-refractivity contribution in [3.05, 3.63) is 59.1 Å². The zero-order chi connectivity index (χ0) is 18.1. The van der Waals surface area contributed by atoms with Crippen LogP contribution in [0.3, 0.4) is 0 Å². The Balaban J connectivity index is 1.64. The van der Waals surface area contributed by atoms with Gasteiger partial charge in [0, 0.05) is 23.1 Å². The third-order valence-electron chi connectivity index (χ3n) is 3.47. The van der Waals surface area contributed by atoms with Crippen molar-refractivity contribution in [3.63, 3.8) is 0 Å². The minimum absolute atomic E-state index is 0.122. The van der Waals surface area contributed by atoms with E-state index >= 15 is 0 Å². The van der Waals surface area contributed by atoms with Gasteiger partial charge in [-0.25, -0.2) is 0 Å². The molecule has 2 rings (SSSR count). The molecule has 0 aliphatic heterocycles. The molecule has 0 radical (unpaired) electrons. The molecule has 0 saturated carbocycles. The van der Waals surface area contributed by atoms with Crippen LogP contribution in [-0.2, 0) is 10.5 Å². The molecule has 1 amide bonds. The molecule has 0 aromatic heterocycles. The Morgan fingerprint density at radius 2 is 1.76 bits per heavy atom. The number of methoxy groups -OCH3 is 1. The summed E-state index contributed by atoms with van der Waals surface area (Å²) in [5.41, 5.74) is 1.22. The maximum atomic E-state index is 12.1. The first-order valence-corrected chi connectivity index (χ1v) is 9.52. The first kappa shape index (κ1) is 19.5. The molecule has 4 nitrogen and oxygen atoms in total. The van der Waals surface area contributed by atoms with Gasteiger partial charge in [0.1, 0.15) is 11.5 Å². The molecule has 0 spiro atoms. The third-order valence-corrected chi connectivity index (χ3v) is 4.75. The van der Waals surface area contributed by atoms with Gasteiger partial charge < -0.3 is 14.8 Å². The number of thioether (sulfide) groups is 1. The van der Waals surface area contributed by atoms with Gasteiger partial charge in [0.25, 0.3) is 5.91 Å². The van der Waals surface area contributed by atoms with Gasteiger partial charge in [-0.1, -0.05) is 23.7 Å². The molecule has 6 heteroatoms. The molecule has 2 aromatic rings.